The van der Waals surface area contributed by atoms with Crippen molar-refractivity contribution in [3.8, 4) is 0 Å². The monoisotopic (exact) mass is 516 g/mol. The van der Waals surface area contributed by atoms with Crippen LogP contribution in [0.4, 0.5) is 0 Å². The molecular weight excluding hydrogens is 480 g/mol. The average molecular weight is 517 g/mol. The molecule has 0 spiro atoms. The van der Waals surface area contributed by atoms with E-state index in [4.69, 9.17) is 4.74 Å². The predicted molar refractivity (Wildman–Crippen MR) is 146 cm³/mol. The summed E-state index contributed by atoms with van der Waals surface area (Å²) < 4.78 is 5.54. The zero-order valence-electron chi connectivity index (χ0n) is 22.4. The van der Waals surface area contributed by atoms with Gasteiger partial charge in [0.25, 0.3) is 5.91 Å². The Hall–Kier alpha value is -3.65. The molecule has 3 heterocycles. The molecule has 0 radical (unpaired) electrons. The summed E-state index contributed by atoms with van der Waals surface area (Å²) in [4.78, 5) is 45.7. The van der Waals surface area contributed by atoms with Gasteiger partial charge in [0.05, 0.1) is 12.1 Å². The zero-order valence-corrected chi connectivity index (χ0v) is 22.4. The molecule has 0 saturated carbocycles. The van der Waals surface area contributed by atoms with Crippen LogP contribution in [0.2, 0.25) is 0 Å². The van der Waals surface area contributed by atoms with Crippen molar-refractivity contribution in [2.24, 2.45) is 5.92 Å². The molecule has 0 aliphatic carbocycles. The third-order valence-corrected chi connectivity index (χ3v) is 7.47. The summed E-state index contributed by atoms with van der Waals surface area (Å²) in [5.41, 5.74) is 4.49. The van der Waals surface area contributed by atoms with Crippen molar-refractivity contribution in [3.63, 3.8) is 0 Å². The lowest BCUT2D eigenvalue weighted by molar-refractivity contribution is -0.132. The number of fused-ring (bicyclic) bond motifs is 7. The first-order chi connectivity index (χ1) is 18.3. The van der Waals surface area contributed by atoms with Gasteiger partial charge < -0.3 is 25.3 Å². The third-order valence-electron chi connectivity index (χ3n) is 7.47. The smallest absolute Gasteiger partial charge is 0.255 e. The topological polar surface area (TPSA) is 104 Å². The van der Waals surface area contributed by atoms with Crippen LogP contribution in [-0.4, -0.2) is 58.9 Å². The number of carbonyl (C=O) groups is 3. The molecule has 3 aromatic rings. The largest absolute Gasteiger partial charge is 0.379 e. The van der Waals surface area contributed by atoms with Crippen LogP contribution in [0.5, 0.6) is 0 Å². The second-order valence-electron chi connectivity index (χ2n) is 10.8. The lowest BCUT2D eigenvalue weighted by Crippen LogP contribution is -2.57. The molecule has 3 N–H and O–H groups in total. The fraction of sp³-hybridized carbons (Fsp3) is 0.433. The van der Waals surface area contributed by atoms with Crippen molar-refractivity contribution in [2.45, 2.75) is 64.8 Å². The number of ether oxygens (including phenoxy) is 1. The Bertz CT molecular complexity index is 1360. The molecule has 0 fully saturated rings. The van der Waals surface area contributed by atoms with Crippen molar-refractivity contribution < 1.29 is 19.1 Å². The van der Waals surface area contributed by atoms with Gasteiger partial charge in [0, 0.05) is 41.7 Å². The van der Waals surface area contributed by atoms with Gasteiger partial charge in [-0.25, -0.2) is 0 Å². The third kappa shape index (κ3) is 4.69. The quantitative estimate of drug-likeness (QED) is 0.377. The molecule has 2 aliphatic heterocycles. The number of H-pyrrole nitrogens is 1. The van der Waals surface area contributed by atoms with Crippen LogP contribution in [0, 0.1) is 5.92 Å². The normalized spacial score (nSPS) is 18.9. The molecule has 200 valence electrons. The molecule has 2 aliphatic rings. The van der Waals surface area contributed by atoms with Gasteiger partial charge in [-0.05, 0) is 49.4 Å². The highest BCUT2D eigenvalue weighted by atomic mass is 16.5. The Morgan fingerprint density at radius 1 is 1.08 bits per heavy atom. The van der Waals surface area contributed by atoms with Crippen LogP contribution in [0.25, 0.3) is 10.9 Å². The van der Waals surface area contributed by atoms with E-state index in [1.165, 1.54) is 0 Å². The van der Waals surface area contributed by atoms with Crippen molar-refractivity contribution in [1.29, 1.82) is 0 Å². The molecular formula is C30H36N4O4. The molecule has 3 amide bonds. The minimum atomic E-state index is -0.736. The van der Waals surface area contributed by atoms with E-state index >= 15 is 0 Å². The second-order valence-corrected chi connectivity index (χ2v) is 10.8. The number of aromatic nitrogens is 1. The molecule has 8 nitrogen and oxygen atoms in total. The SMILES string of the molecule is CC(C)OCCCNC(=O)[C@@H](NC(=O)[C@@H]1Cc2c([nH]c3ccccc23)[C@H]2c3ccccc3C(=O)N21)C(C)C. The standard InChI is InChI=1S/C30H36N4O4/c1-17(2)25(29(36)31-14-9-15-38-18(3)4)33-28(35)24-16-22-19-10-7-8-13-23(19)32-26(22)27-20-11-5-6-12-21(20)30(37)34(24)27/h5-8,10-13,17-18,24-25,27,32H,9,14-16H2,1-4H3,(H,31,36)(H,33,35)/t24-,25-,27+/m0/s1. The number of nitrogens with zero attached hydrogens (tertiary/aromatic N) is 1. The van der Waals surface area contributed by atoms with Crippen LogP contribution in [-0.2, 0) is 20.7 Å². The number of amides is 3. The highest BCUT2D eigenvalue weighted by molar-refractivity contribution is 6.04. The number of para-hydroxylation sites is 1. The fourth-order valence-corrected chi connectivity index (χ4v) is 5.63. The van der Waals surface area contributed by atoms with Gasteiger partial charge in [-0.3, -0.25) is 14.4 Å². The van der Waals surface area contributed by atoms with Crippen molar-refractivity contribution in [3.05, 3.63) is 70.9 Å². The fourth-order valence-electron chi connectivity index (χ4n) is 5.63. The minimum Gasteiger partial charge on any atom is -0.379 e. The minimum absolute atomic E-state index is 0.125. The van der Waals surface area contributed by atoms with Crippen LogP contribution >= 0.6 is 0 Å². The maximum Gasteiger partial charge on any atom is 0.255 e. The Balaban J connectivity index is 1.40. The first-order valence-corrected chi connectivity index (χ1v) is 13.5. The van der Waals surface area contributed by atoms with Crippen LogP contribution in [0.3, 0.4) is 0 Å². The molecule has 0 bridgehead atoms. The number of hydrogen-bond acceptors (Lipinski definition) is 4. The van der Waals surface area contributed by atoms with Gasteiger partial charge in [0.1, 0.15) is 12.1 Å². The molecule has 0 saturated heterocycles. The number of aromatic amines is 1. The zero-order chi connectivity index (χ0) is 27.0. The molecule has 38 heavy (non-hydrogen) atoms. The van der Waals surface area contributed by atoms with Gasteiger partial charge in [-0.2, -0.15) is 0 Å². The van der Waals surface area contributed by atoms with Crippen LogP contribution in [0.1, 0.15) is 67.3 Å². The molecule has 8 heteroatoms. The van der Waals surface area contributed by atoms with Gasteiger partial charge in [0.2, 0.25) is 11.8 Å². The number of rotatable bonds is 9. The summed E-state index contributed by atoms with van der Waals surface area (Å²) >= 11 is 0. The average Bonchev–Trinajstić information content (AvgIpc) is 3.41. The molecule has 2 aromatic carbocycles. The Kier molecular flexibility index (Phi) is 7.25. The predicted octanol–water partition coefficient (Wildman–Crippen LogP) is 3.71. The van der Waals surface area contributed by atoms with E-state index in [0.29, 0.717) is 31.6 Å². The molecule has 5 rings (SSSR count). The van der Waals surface area contributed by atoms with Crippen molar-refractivity contribution in [1.82, 2.24) is 20.5 Å². The van der Waals surface area contributed by atoms with Crippen LogP contribution < -0.4 is 10.6 Å². The van der Waals surface area contributed by atoms with E-state index < -0.39 is 12.1 Å². The summed E-state index contributed by atoms with van der Waals surface area (Å²) in [7, 11) is 0. The Morgan fingerprint density at radius 2 is 1.82 bits per heavy atom. The van der Waals surface area contributed by atoms with Gasteiger partial charge in [-0.15, -0.1) is 0 Å². The lowest BCUT2D eigenvalue weighted by Gasteiger charge is -2.38. The van der Waals surface area contributed by atoms with E-state index in [1.54, 1.807) is 4.90 Å². The number of hydrogen-bond donors (Lipinski definition) is 3. The van der Waals surface area contributed by atoms with Gasteiger partial charge >= 0.3 is 0 Å². The summed E-state index contributed by atoms with van der Waals surface area (Å²) in [5, 5.41) is 6.98. The van der Waals surface area contributed by atoms with Gasteiger partial charge in [-0.1, -0.05) is 50.2 Å². The molecule has 1 aromatic heterocycles. The first-order valence-electron chi connectivity index (χ1n) is 13.5. The summed E-state index contributed by atoms with van der Waals surface area (Å²) in [6.45, 7) is 8.79. The summed E-state index contributed by atoms with van der Waals surface area (Å²) in [6, 6.07) is 13.7. The number of carbonyl (C=O) groups excluding carboxylic acids is 3. The maximum absolute atomic E-state index is 13.9. The maximum atomic E-state index is 13.9. The van der Waals surface area contributed by atoms with Crippen molar-refractivity contribution in [2.75, 3.05) is 13.2 Å². The van der Waals surface area contributed by atoms with Gasteiger partial charge in [0.15, 0.2) is 0 Å². The number of benzene rings is 2. The first kappa shape index (κ1) is 26.0. The molecule has 0 unspecified atom stereocenters. The second kappa shape index (κ2) is 10.6. The highest BCUT2D eigenvalue weighted by Gasteiger charge is 2.49. The Morgan fingerprint density at radius 3 is 2.58 bits per heavy atom. The Labute approximate surface area is 223 Å². The summed E-state index contributed by atoms with van der Waals surface area (Å²) in [5.74, 6) is -0.829. The lowest BCUT2D eigenvalue weighted by atomic mass is 9.89. The van der Waals surface area contributed by atoms with Crippen molar-refractivity contribution >= 4 is 28.6 Å². The molecule has 3 atom stereocenters. The highest BCUT2D eigenvalue weighted by Crippen LogP contribution is 2.46. The van der Waals surface area contributed by atoms with E-state index in [1.807, 2.05) is 76.2 Å². The van der Waals surface area contributed by atoms with E-state index in [9.17, 15) is 14.4 Å². The van der Waals surface area contributed by atoms with Crippen LogP contribution in [0.15, 0.2) is 48.5 Å². The van der Waals surface area contributed by atoms with E-state index in [2.05, 4.69) is 15.6 Å². The summed E-state index contributed by atoms with van der Waals surface area (Å²) in [6.07, 6.45) is 1.21. The number of nitrogens with one attached hydrogen (secondary N) is 3. The van der Waals surface area contributed by atoms with E-state index in [0.717, 1.165) is 27.7 Å². The van der Waals surface area contributed by atoms with E-state index in [-0.39, 0.29) is 35.8 Å².